The van der Waals surface area contributed by atoms with Crippen LogP contribution in [0.25, 0.3) is 16.8 Å². The third-order valence-electron chi connectivity index (χ3n) is 5.22. The van der Waals surface area contributed by atoms with E-state index in [4.69, 9.17) is 10.1 Å². The average molecular weight is 354 g/mol. The summed E-state index contributed by atoms with van der Waals surface area (Å²) in [5, 5.41) is 14.9. The van der Waals surface area contributed by atoms with E-state index in [1.54, 1.807) is 12.1 Å². The number of nitrogens with zero attached hydrogens (tertiary/aromatic N) is 4. The van der Waals surface area contributed by atoms with Crippen molar-refractivity contribution in [1.29, 1.82) is 0 Å². The molecule has 0 radical (unpaired) electrons. The number of piperidine rings is 1. The molecule has 1 N–H and O–H groups in total. The molecule has 2 aromatic heterocycles. The summed E-state index contributed by atoms with van der Waals surface area (Å²) in [6, 6.07) is 6.45. The van der Waals surface area contributed by atoms with Gasteiger partial charge < -0.3 is 10.0 Å². The Morgan fingerprint density at radius 3 is 2.54 bits per heavy atom. The van der Waals surface area contributed by atoms with Gasteiger partial charge in [0.2, 0.25) is 0 Å². The van der Waals surface area contributed by atoms with Crippen LogP contribution < -0.4 is 4.90 Å². The normalized spacial score (nSPS) is 17.9. The van der Waals surface area contributed by atoms with Crippen LogP contribution in [0.3, 0.4) is 0 Å². The van der Waals surface area contributed by atoms with Crippen molar-refractivity contribution in [3.8, 4) is 11.1 Å². The van der Waals surface area contributed by atoms with Gasteiger partial charge in [-0.15, -0.1) is 0 Å². The van der Waals surface area contributed by atoms with Crippen LogP contribution in [-0.2, 0) is 0 Å². The van der Waals surface area contributed by atoms with Crippen LogP contribution in [0.4, 0.5) is 10.2 Å². The van der Waals surface area contributed by atoms with Crippen LogP contribution in [0, 0.1) is 26.6 Å². The summed E-state index contributed by atoms with van der Waals surface area (Å²) in [7, 11) is 0. The third kappa shape index (κ3) is 2.74. The molecular weight excluding hydrogens is 331 g/mol. The summed E-state index contributed by atoms with van der Waals surface area (Å²) in [4.78, 5) is 6.99. The summed E-state index contributed by atoms with van der Waals surface area (Å²) in [6.07, 6.45) is 1.47. The van der Waals surface area contributed by atoms with Crippen molar-refractivity contribution in [2.45, 2.75) is 39.7 Å². The van der Waals surface area contributed by atoms with E-state index in [1.165, 1.54) is 12.1 Å². The lowest BCUT2D eigenvalue weighted by Crippen LogP contribution is -2.40. The van der Waals surface area contributed by atoms with Crippen LogP contribution in [0.1, 0.15) is 29.8 Å². The van der Waals surface area contributed by atoms with Crippen molar-refractivity contribution in [2.24, 2.45) is 0 Å². The summed E-state index contributed by atoms with van der Waals surface area (Å²) in [5.41, 5.74) is 5.46. The predicted octanol–water partition coefficient (Wildman–Crippen LogP) is 3.42. The summed E-state index contributed by atoms with van der Waals surface area (Å²) in [6.45, 7) is 7.49. The van der Waals surface area contributed by atoms with Gasteiger partial charge in [-0.3, -0.25) is 0 Å². The monoisotopic (exact) mass is 354 g/mol. The lowest BCUT2D eigenvalue weighted by atomic mass is 10.1. The molecule has 136 valence electrons. The minimum atomic E-state index is -0.320. The molecule has 0 aliphatic carbocycles. The first kappa shape index (κ1) is 17.0. The number of fused-ring (bicyclic) bond motifs is 1. The van der Waals surface area contributed by atoms with E-state index in [-0.39, 0.29) is 11.9 Å². The Morgan fingerprint density at radius 1 is 1.12 bits per heavy atom. The van der Waals surface area contributed by atoms with E-state index in [0.717, 1.165) is 58.9 Å². The number of aromatic nitrogens is 3. The number of benzene rings is 1. The molecule has 0 unspecified atom stereocenters. The van der Waals surface area contributed by atoms with Gasteiger partial charge in [-0.05, 0) is 51.3 Å². The zero-order valence-electron chi connectivity index (χ0n) is 15.3. The number of aryl methyl sites for hydroxylation is 2. The van der Waals surface area contributed by atoms with Crippen molar-refractivity contribution < 1.29 is 9.50 Å². The van der Waals surface area contributed by atoms with Crippen LogP contribution in [-0.4, -0.2) is 38.9 Å². The van der Waals surface area contributed by atoms with E-state index >= 15 is 0 Å². The molecule has 1 fully saturated rings. The Morgan fingerprint density at radius 2 is 1.85 bits per heavy atom. The molecule has 1 atom stereocenters. The second kappa shape index (κ2) is 6.36. The van der Waals surface area contributed by atoms with Gasteiger partial charge in [0.05, 0.1) is 11.8 Å². The predicted molar refractivity (Wildman–Crippen MR) is 100 cm³/mol. The molecule has 0 spiro atoms. The van der Waals surface area contributed by atoms with Gasteiger partial charge in [0.15, 0.2) is 5.65 Å². The first-order chi connectivity index (χ1) is 12.5. The highest BCUT2D eigenvalue weighted by molar-refractivity contribution is 5.81. The molecule has 0 saturated carbocycles. The second-order valence-electron chi connectivity index (χ2n) is 7.09. The number of rotatable bonds is 2. The van der Waals surface area contributed by atoms with Crippen molar-refractivity contribution in [1.82, 2.24) is 14.6 Å². The van der Waals surface area contributed by atoms with Crippen molar-refractivity contribution in [3.05, 3.63) is 47.0 Å². The van der Waals surface area contributed by atoms with Gasteiger partial charge in [-0.25, -0.2) is 9.37 Å². The molecule has 4 rings (SSSR count). The van der Waals surface area contributed by atoms with E-state index in [9.17, 15) is 9.50 Å². The molecule has 1 aliphatic rings. The molecule has 3 aromatic rings. The van der Waals surface area contributed by atoms with Crippen molar-refractivity contribution >= 4 is 11.5 Å². The number of anilines is 1. The quantitative estimate of drug-likeness (QED) is 0.766. The maximum absolute atomic E-state index is 13.3. The Bertz CT molecular complexity index is 964. The first-order valence-corrected chi connectivity index (χ1v) is 9.01. The van der Waals surface area contributed by atoms with Crippen molar-refractivity contribution in [2.75, 3.05) is 18.0 Å². The largest absolute Gasteiger partial charge is 0.391 e. The Kier molecular flexibility index (Phi) is 4.15. The number of aliphatic hydroxyl groups is 1. The second-order valence-corrected chi connectivity index (χ2v) is 7.09. The fraction of sp³-hybridized carbons (Fsp3) is 0.400. The third-order valence-corrected chi connectivity index (χ3v) is 5.22. The fourth-order valence-electron chi connectivity index (χ4n) is 3.80. The molecule has 5 nitrogen and oxygen atoms in total. The highest BCUT2D eigenvalue weighted by Crippen LogP contribution is 2.33. The van der Waals surface area contributed by atoms with Gasteiger partial charge in [0.1, 0.15) is 11.6 Å². The maximum atomic E-state index is 13.3. The number of hydrogen-bond acceptors (Lipinski definition) is 4. The first-order valence-electron chi connectivity index (χ1n) is 9.01. The van der Waals surface area contributed by atoms with Crippen LogP contribution in [0.15, 0.2) is 24.3 Å². The molecule has 0 amide bonds. The minimum absolute atomic E-state index is 0.258. The summed E-state index contributed by atoms with van der Waals surface area (Å²) in [5.74, 6) is 0.730. The molecular formula is C20H23FN4O. The molecule has 1 aliphatic heterocycles. The maximum Gasteiger partial charge on any atom is 0.165 e. The average Bonchev–Trinajstić information content (AvgIpc) is 2.92. The summed E-state index contributed by atoms with van der Waals surface area (Å²) >= 11 is 0. The molecule has 1 saturated heterocycles. The van der Waals surface area contributed by atoms with E-state index in [2.05, 4.69) is 4.90 Å². The summed E-state index contributed by atoms with van der Waals surface area (Å²) < 4.78 is 15.2. The Balaban J connectivity index is 1.94. The van der Waals surface area contributed by atoms with Gasteiger partial charge in [-0.1, -0.05) is 12.1 Å². The van der Waals surface area contributed by atoms with Gasteiger partial charge in [0, 0.05) is 29.9 Å². The minimum Gasteiger partial charge on any atom is -0.391 e. The highest BCUT2D eigenvalue weighted by atomic mass is 19.1. The lowest BCUT2D eigenvalue weighted by Gasteiger charge is -2.33. The fourth-order valence-corrected chi connectivity index (χ4v) is 3.80. The van der Waals surface area contributed by atoms with Crippen molar-refractivity contribution in [3.63, 3.8) is 0 Å². The standard InChI is InChI=1S/C20H23FN4O/c1-12-13(2)22-19-18(15-6-8-16(21)9-7-15)14(3)23-25(19)20(12)24-10-4-5-17(26)11-24/h6-9,17,26H,4-5,10-11H2,1-3H3/t17-/m1/s1. The number of aliphatic hydroxyl groups excluding tert-OH is 1. The smallest absolute Gasteiger partial charge is 0.165 e. The van der Waals surface area contributed by atoms with Gasteiger partial charge in [0.25, 0.3) is 0 Å². The van der Waals surface area contributed by atoms with Gasteiger partial charge >= 0.3 is 0 Å². The zero-order chi connectivity index (χ0) is 18.4. The lowest BCUT2D eigenvalue weighted by molar-refractivity contribution is 0.153. The molecule has 3 heterocycles. The van der Waals surface area contributed by atoms with Crippen LogP contribution >= 0.6 is 0 Å². The van der Waals surface area contributed by atoms with Crippen LogP contribution in [0.5, 0.6) is 0 Å². The van der Waals surface area contributed by atoms with E-state index in [1.807, 2.05) is 25.3 Å². The topological polar surface area (TPSA) is 53.7 Å². The number of hydrogen-bond donors (Lipinski definition) is 1. The Hall–Kier alpha value is -2.47. The SMILES string of the molecule is Cc1nc2c(-c3ccc(F)cc3)c(C)nn2c(N2CCC[C@@H](O)C2)c1C. The molecule has 6 heteroatoms. The van der Waals surface area contributed by atoms with Gasteiger partial charge in [-0.2, -0.15) is 9.61 Å². The Labute approximate surface area is 152 Å². The number of halogens is 1. The molecule has 0 bridgehead atoms. The van der Waals surface area contributed by atoms with Crippen LogP contribution in [0.2, 0.25) is 0 Å². The molecule has 26 heavy (non-hydrogen) atoms. The van der Waals surface area contributed by atoms with E-state index in [0.29, 0.717) is 6.54 Å². The van der Waals surface area contributed by atoms with E-state index < -0.39 is 0 Å². The number of β-amino-alcohol motifs (C(OH)–C–C–N with tert-alkyl or cyclic N) is 1. The molecule has 1 aromatic carbocycles. The highest BCUT2D eigenvalue weighted by Gasteiger charge is 2.25. The zero-order valence-corrected chi connectivity index (χ0v) is 15.3.